The Balaban J connectivity index is 1.94. The molecule has 35 heavy (non-hydrogen) atoms. The Morgan fingerprint density at radius 2 is 1.71 bits per heavy atom. The first-order valence-electron chi connectivity index (χ1n) is 11.6. The SMILES string of the molecule is C=C(C)C(=O)COc1ccc(C(CC)(CC)c2ccc3cc(C(=O)NCC(=O)O)sc3c2)cc1C. The van der Waals surface area contributed by atoms with Crippen LogP contribution in [0.1, 0.15) is 60.0 Å². The van der Waals surface area contributed by atoms with Gasteiger partial charge in [0.15, 0.2) is 12.4 Å². The maximum absolute atomic E-state index is 12.3. The first-order chi connectivity index (χ1) is 16.6. The van der Waals surface area contributed by atoms with E-state index in [4.69, 9.17) is 9.84 Å². The van der Waals surface area contributed by atoms with Crippen molar-refractivity contribution in [1.29, 1.82) is 0 Å². The fraction of sp³-hybridized carbons (Fsp3) is 0.321. The lowest BCUT2D eigenvalue weighted by atomic mass is 9.70. The Morgan fingerprint density at radius 1 is 1.06 bits per heavy atom. The Bertz CT molecular complexity index is 1290. The largest absolute Gasteiger partial charge is 0.485 e. The van der Waals surface area contributed by atoms with E-state index in [1.165, 1.54) is 11.3 Å². The quantitative estimate of drug-likeness (QED) is 0.337. The van der Waals surface area contributed by atoms with Crippen LogP contribution < -0.4 is 10.1 Å². The van der Waals surface area contributed by atoms with E-state index >= 15 is 0 Å². The highest BCUT2D eigenvalue weighted by Gasteiger charge is 2.31. The second kappa shape index (κ2) is 10.9. The first kappa shape index (κ1) is 26.2. The number of amides is 1. The van der Waals surface area contributed by atoms with Gasteiger partial charge in [0.1, 0.15) is 12.3 Å². The van der Waals surface area contributed by atoms with E-state index in [1.54, 1.807) is 13.0 Å². The van der Waals surface area contributed by atoms with Crippen LogP contribution in [0.5, 0.6) is 5.75 Å². The van der Waals surface area contributed by atoms with Gasteiger partial charge in [-0.3, -0.25) is 14.4 Å². The van der Waals surface area contributed by atoms with E-state index in [1.807, 2.05) is 19.1 Å². The van der Waals surface area contributed by atoms with Gasteiger partial charge >= 0.3 is 5.97 Å². The third kappa shape index (κ3) is 5.62. The smallest absolute Gasteiger partial charge is 0.322 e. The van der Waals surface area contributed by atoms with Crippen LogP contribution in [-0.4, -0.2) is 35.9 Å². The van der Waals surface area contributed by atoms with Crippen molar-refractivity contribution in [2.45, 2.75) is 46.0 Å². The molecule has 0 saturated heterocycles. The van der Waals surface area contributed by atoms with Gasteiger partial charge in [-0.05, 0) is 72.5 Å². The highest BCUT2D eigenvalue weighted by molar-refractivity contribution is 7.20. The minimum Gasteiger partial charge on any atom is -0.485 e. The zero-order valence-electron chi connectivity index (χ0n) is 20.6. The van der Waals surface area contributed by atoms with Crippen molar-refractivity contribution < 1.29 is 24.2 Å². The Morgan fingerprint density at radius 3 is 2.31 bits per heavy atom. The van der Waals surface area contributed by atoms with Crippen molar-refractivity contribution in [3.8, 4) is 5.75 Å². The summed E-state index contributed by atoms with van der Waals surface area (Å²) in [4.78, 5) is 35.5. The molecule has 2 N–H and O–H groups in total. The Labute approximate surface area is 209 Å². The van der Waals surface area contributed by atoms with Crippen LogP contribution >= 0.6 is 11.3 Å². The molecule has 0 aliphatic heterocycles. The van der Waals surface area contributed by atoms with Crippen LogP contribution in [0.4, 0.5) is 0 Å². The van der Waals surface area contributed by atoms with Gasteiger partial charge in [-0.2, -0.15) is 0 Å². The standard InChI is InChI=1S/C28H31NO5S/c1-6-28(7-2,20-10-11-23(18(5)12-20)34-16-22(30)17(3)4)21-9-8-19-13-25(35-24(19)14-21)27(33)29-15-26(31)32/h8-14H,3,6-7,15-16H2,1-2,4-5H3,(H,29,33)(H,31,32). The molecule has 0 atom stereocenters. The van der Waals surface area contributed by atoms with Crippen molar-refractivity contribution in [3.05, 3.63) is 76.2 Å². The lowest BCUT2D eigenvalue weighted by molar-refractivity contribution is -0.135. The lowest BCUT2D eigenvalue weighted by Gasteiger charge is -2.34. The van der Waals surface area contributed by atoms with Crippen molar-refractivity contribution in [2.75, 3.05) is 13.2 Å². The summed E-state index contributed by atoms with van der Waals surface area (Å²) in [6, 6.07) is 14.1. The summed E-state index contributed by atoms with van der Waals surface area (Å²) < 4.78 is 6.71. The molecule has 0 unspecified atom stereocenters. The first-order valence-corrected chi connectivity index (χ1v) is 12.4. The maximum Gasteiger partial charge on any atom is 0.322 e. The monoisotopic (exact) mass is 493 g/mol. The van der Waals surface area contributed by atoms with Gasteiger partial charge in [0, 0.05) is 10.1 Å². The van der Waals surface area contributed by atoms with Crippen LogP contribution in [0.3, 0.4) is 0 Å². The summed E-state index contributed by atoms with van der Waals surface area (Å²) in [5.41, 5.74) is 3.51. The van der Waals surface area contributed by atoms with E-state index < -0.39 is 12.5 Å². The molecule has 0 radical (unpaired) electrons. The van der Waals surface area contributed by atoms with Crippen LogP contribution in [0, 0.1) is 6.92 Å². The average molecular weight is 494 g/mol. The molecule has 6 nitrogen and oxygen atoms in total. The van der Waals surface area contributed by atoms with E-state index in [9.17, 15) is 14.4 Å². The minimum atomic E-state index is -1.08. The predicted molar refractivity (Wildman–Crippen MR) is 140 cm³/mol. The second-order valence-corrected chi connectivity index (χ2v) is 9.79. The number of carboxylic acid groups (broad SMARTS) is 1. The number of thiophene rings is 1. The van der Waals surface area contributed by atoms with Gasteiger partial charge in [0.05, 0.1) is 4.88 Å². The molecule has 0 bridgehead atoms. The fourth-order valence-corrected chi connectivity index (χ4v) is 5.31. The maximum atomic E-state index is 12.3. The summed E-state index contributed by atoms with van der Waals surface area (Å²) in [5, 5.41) is 12.2. The van der Waals surface area contributed by atoms with Gasteiger partial charge in [0.2, 0.25) is 0 Å². The molecule has 184 valence electrons. The summed E-state index contributed by atoms with van der Waals surface area (Å²) in [6.45, 7) is 11.2. The summed E-state index contributed by atoms with van der Waals surface area (Å²) in [5.74, 6) is -0.907. The fourth-order valence-electron chi connectivity index (χ4n) is 4.29. The molecule has 0 spiro atoms. The van der Waals surface area contributed by atoms with E-state index in [-0.39, 0.29) is 23.7 Å². The molecular formula is C28H31NO5S. The number of carboxylic acids is 1. The Hall–Kier alpha value is -3.45. The molecule has 3 rings (SSSR count). The zero-order chi connectivity index (χ0) is 25.8. The Kier molecular flexibility index (Phi) is 8.12. The summed E-state index contributed by atoms with van der Waals surface area (Å²) in [6.07, 6.45) is 1.75. The number of fused-ring (bicyclic) bond motifs is 1. The highest BCUT2D eigenvalue weighted by Crippen LogP contribution is 2.42. The number of benzene rings is 2. The zero-order valence-corrected chi connectivity index (χ0v) is 21.4. The third-order valence-electron chi connectivity index (χ3n) is 6.47. The molecule has 0 saturated carbocycles. The van der Waals surface area contributed by atoms with Crippen molar-refractivity contribution in [3.63, 3.8) is 0 Å². The molecule has 1 heterocycles. The number of aryl methyl sites for hydroxylation is 1. The molecule has 0 aliphatic rings. The van der Waals surface area contributed by atoms with Gasteiger partial charge in [-0.25, -0.2) is 0 Å². The molecule has 7 heteroatoms. The van der Waals surface area contributed by atoms with Crippen LogP contribution in [0.15, 0.2) is 54.6 Å². The number of ether oxygens (including phenoxy) is 1. The second-order valence-electron chi connectivity index (χ2n) is 8.70. The predicted octanol–water partition coefficient (Wildman–Crippen LogP) is 5.65. The molecular weight excluding hydrogens is 462 g/mol. The average Bonchev–Trinajstić information content (AvgIpc) is 3.26. The van der Waals surface area contributed by atoms with Gasteiger partial charge in [0.25, 0.3) is 5.91 Å². The third-order valence-corrected chi connectivity index (χ3v) is 7.56. The normalized spacial score (nSPS) is 11.3. The number of hydrogen-bond acceptors (Lipinski definition) is 5. The van der Waals surface area contributed by atoms with Crippen LogP contribution in [-0.2, 0) is 15.0 Å². The molecule has 1 amide bonds. The number of Topliss-reactive ketones (excluding diaryl/α,β-unsaturated/α-hetero) is 1. The topological polar surface area (TPSA) is 92.7 Å². The lowest BCUT2D eigenvalue weighted by Crippen LogP contribution is -2.28. The molecule has 1 aromatic heterocycles. The number of carbonyl (C=O) groups is 3. The number of rotatable bonds is 11. The number of nitrogens with one attached hydrogen (secondary N) is 1. The summed E-state index contributed by atoms with van der Waals surface area (Å²) >= 11 is 1.36. The molecule has 3 aromatic rings. The molecule has 0 fully saturated rings. The van der Waals surface area contributed by atoms with Crippen LogP contribution in [0.25, 0.3) is 10.1 Å². The summed E-state index contributed by atoms with van der Waals surface area (Å²) in [7, 11) is 0. The molecule has 0 aliphatic carbocycles. The van der Waals surface area contributed by atoms with E-state index in [0.717, 1.165) is 39.6 Å². The highest BCUT2D eigenvalue weighted by atomic mass is 32.1. The number of ketones is 1. The minimum absolute atomic E-state index is 0.0281. The van der Waals surface area contributed by atoms with Crippen molar-refractivity contribution >= 4 is 39.1 Å². The van der Waals surface area contributed by atoms with Crippen molar-refractivity contribution in [2.24, 2.45) is 0 Å². The van der Waals surface area contributed by atoms with E-state index in [0.29, 0.717) is 16.2 Å². The van der Waals surface area contributed by atoms with Crippen LogP contribution in [0.2, 0.25) is 0 Å². The molecule has 2 aromatic carbocycles. The van der Waals surface area contributed by atoms with Gasteiger partial charge in [-0.1, -0.05) is 44.7 Å². The number of aliphatic carboxylic acids is 1. The van der Waals surface area contributed by atoms with Gasteiger partial charge < -0.3 is 15.2 Å². The van der Waals surface area contributed by atoms with Gasteiger partial charge in [-0.15, -0.1) is 11.3 Å². The van der Waals surface area contributed by atoms with E-state index in [2.05, 4.69) is 50.0 Å². The number of hydrogen-bond donors (Lipinski definition) is 2. The van der Waals surface area contributed by atoms with Crippen molar-refractivity contribution in [1.82, 2.24) is 5.32 Å². The number of carbonyl (C=O) groups excluding carboxylic acids is 2.